The minimum absolute atomic E-state index is 0.0537. The Labute approximate surface area is 156 Å². The molecule has 3 aromatic rings. The average molecular weight is 369 g/mol. The Bertz CT molecular complexity index is 956. The zero-order chi connectivity index (χ0) is 18.5. The molecule has 132 valence electrons. The van der Waals surface area contributed by atoms with Crippen molar-refractivity contribution in [1.82, 2.24) is 0 Å². The molecule has 0 saturated heterocycles. The second-order valence-electron chi connectivity index (χ2n) is 5.70. The van der Waals surface area contributed by atoms with Gasteiger partial charge < -0.3 is 14.3 Å². The third kappa shape index (κ3) is 4.35. The van der Waals surface area contributed by atoms with E-state index in [0.717, 1.165) is 5.56 Å². The molecule has 0 amide bonds. The van der Waals surface area contributed by atoms with Crippen LogP contribution >= 0.6 is 11.6 Å². The fraction of sp³-hybridized carbons (Fsp3) is 0.0952. The first-order valence-corrected chi connectivity index (χ1v) is 8.39. The average Bonchev–Trinajstić information content (AvgIpc) is 3.09. The molecular formula is C21H17ClO4. The van der Waals surface area contributed by atoms with Crippen molar-refractivity contribution in [2.75, 3.05) is 0 Å². The highest BCUT2D eigenvalue weighted by Gasteiger charge is 2.07. The van der Waals surface area contributed by atoms with Crippen LogP contribution in [0.2, 0.25) is 5.02 Å². The van der Waals surface area contributed by atoms with Gasteiger partial charge in [0.25, 0.3) is 0 Å². The molecule has 0 unspecified atom stereocenters. The number of furan rings is 1. The van der Waals surface area contributed by atoms with E-state index in [2.05, 4.69) is 0 Å². The molecule has 0 atom stereocenters. The van der Waals surface area contributed by atoms with Gasteiger partial charge in [0.15, 0.2) is 5.78 Å². The van der Waals surface area contributed by atoms with Crippen LogP contribution in [-0.2, 0) is 6.61 Å². The van der Waals surface area contributed by atoms with E-state index in [1.807, 2.05) is 25.1 Å². The van der Waals surface area contributed by atoms with E-state index in [1.165, 1.54) is 18.2 Å². The van der Waals surface area contributed by atoms with Gasteiger partial charge in [0.2, 0.25) is 0 Å². The first kappa shape index (κ1) is 17.8. The quantitative estimate of drug-likeness (QED) is 0.466. The monoisotopic (exact) mass is 368 g/mol. The van der Waals surface area contributed by atoms with Crippen molar-refractivity contribution < 1.29 is 19.1 Å². The van der Waals surface area contributed by atoms with E-state index < -0.39 is 0 Å². The number of hydrogen-bond acceptors (Lipinski definition) is 4. The number of ketones is 1. The number of carbonyl (C=O) groups excluding carboxylic acids is 1. The molecule has 0 aliphatic carbocycles. The zero-order valence-corrected chi connectivity index (χ0v) is 14.9. The fourth-order valence-corrected chi connectivity index (χ4v) is 2.53. The number of hydrogen-bond donors (Lipinski definition) is 1. The van der Waals surface area contributed by atoms with Crippen molar-refractivity contribution >= 4 is 23.5 Å². The van der Waals surface area contributed by atoms with Gasteiger partial charge >= 0.3 is 0 Å². The number of aromatic hydroxyl groups is 1. The van der Waals surface area contributed by atoms with Gasteiger partial charge in [-0.05, 0) is 55.5 Å². The molecular weight excluding hydrogens is 352 g/mol. The first-order chi connectivity index (χ1) is 12.5. The molecule has 0 radical (unpaired) electrons. The highest BCUT2D eigenvalue weighted by Crippen LogP contribution is 2.26. The molecule has 2 aromatic carbocycles. The highest BCUT2D eigenvalue weighted by molar-refractivity contribution is 6.31. The van der Waals surface area contributed by atoms with Crippen LogP contribution in [0, 0.1) is 6.92 Å². The van der Waals surface area contributed by atoms with Gasteiger partial charge in [0.1, 0.15) is 29.6 Å². The molecule has 1 N–H and O–H groups in total. The van der Waals surface area contributed by atoms with E-state index in [-0.39, 0.29) is 18.1 Å². The first-order valence-electron chi connectivity index (χ1n) is 8.01. The second kappa shape index (κ2) is 7.93. The summed E-state index contributed by atoms with van der Waals surface area (Å²) in [6, 6.07) is 15.2. The summed E-state index contributed by atoms with van der Waals surface area (Å²) in [6.07, 6.45) is 2.99. The van der Waals surface area contributed by atoms with Gasteiger partial charge in [-0.15, -0.1) is 0 Å². The van der Waals surface area contributed by atoms with Gasteiger partial charge in [0, 0.05) is 16.1 Å². The number of rotatable bonds is 6. The molecule has 4 nitrogen and oxygen atoms in total. The van der Waals surface area contributed by atoms with E-state index in [0.29, 0.717) is 27.9 Å². The Kier molecular flexibility index (Phi) is 5.44. The van der Waals surface area contributed by atoms with Crippen LogP contribution in [-0.4, -0.2) is 10.9 Å². The molecule has 1 aromatic heterocycles. The van der Waals surface area contributed by atoms with E-state index in [9.17, 15) is 9.90 Å². The lowest BCUT2D eigenvalue weighted by Gasteiger charge is -2.08. The SMILES string of the molecule is Cc1c(Cl)cccc1OCc1ccc(/C=C/C(=O)c2cccc(O)c2)o1. The third-order valence-corrected chi connectivity index (χ3v) is 4.21. The van der Waals surface area contributed by atoms with Gasteiger partial charge in [-0.3, -0.25) is 4.79 Å². The Morgan fingerprint density at radius 2 is 2.00 bits per heavy atom. The van der Waals surface area contributed by atoms with Crippen molar-refractivity contribution in [2.24, 2.45) is 0 Å². The summed E-state index contributed by atoms with van der Waals surface area (Å²) in [5, 5.41) is 10.1. The molecule has 5 heteroatoms. The Hall–Kier alpha value is -2.98. The summed E-state index contributed by atoms with van der Waals surface area (Å²) in [6.45, 7) is 2.15. The van der Waals surface area contributed by atoms with Crippen LogP contribution in [0.15, 0.2) is 65.1 Å². The van der Waals surface area contributed by atoms with Crippen molar-refractivity contribution in [2.45, 2.75) is 13.5 Å². The summed E-state index contributed by atoms with van der Waals surface area (Å²) >= 11 is 6.07. The molecule has 0 aliphatic rings. The zero-order valence-electron chi connectivity index (χ0n) is 14.1. The summed E-state index contributed by atoms with van der Waals surface area (Å²) in [5.74, 6) is 1.71. The lowest BCUT2D eigenvalue weighted by Crippen LogP contribution is -1.95. The van der Waals surface area contributed by atoms with Crippen molar-refractivity contribution in [3.8, 4) is 11.5 Å². The van der Waals surface area contributed by atoms with Crippen molar-refractivity contribution in [3.63, 3.8) is 0 Å². The van der Waals surface area contributed by atoms with Gasteiger partial charge in [0.05, 0.1) is 0 Å². The van der Waals surface area contributed by atoms with Gasteiger partial charge in [-0.1, -0.05) is 29.8 Å². The predicted octanol–water partition coefficient (Wildman–Crippen LogP) is 5.42. The molecule has 1 heterocycles. The molecule has 0 bridgehead atoms. The van der Waals surface area contributed by atoms with Gasteiger partial charge in [-0.25, -0.2) is 0 Å². The van der Waals surface area contributed by atoms with E-state index >= 15 is 0 Å². The van der Waals surface area contributed by atoms with Crippen LogP contribution in [0.25, 0.3) is 6.08 Å². The molecule has 0 spiro atoms. The number of phenols is 1. The van der Waals surface area contributed by atoms with Crippen molar-refractivity contribution in [3.05, 3.63) is 88.3 Å². The summed E-state index contributed by atoms with van der Waals surface area (Å²) in [4.78, 5) is 12.1. The number of allylic oxidation sites excluding steroid dienone is 1. The lowest BCUT2D eigenvalue weighted by molar-refractivity contribution is 0.104. The molecule has 26 heavy (non-hydrogen) atoms. The fourth-order valence-electron chi connectivity index (χ4n) is 2.37. The topological polar surface area (TPSA) is 59.7 Å². The highest BCUT2D eigenvalue weighted by atomic mass is 35.5. The van der Waals surface area contributed by atoms with Crippen LogP contribution in [0.4, 0.5) is 0 Å². The molecule has 3 rings (SSSR count). The number of ether oxygens (including phenoxy) is 1. The Morgan fingerprint density at radius 1 is 1.19 bits per heavy atom. The van der Waals surface area contributed by atoms with Crippen molar-refractivity contribution in [1.29, 1.82) is 0 Å². The Balaban J connectivity index is 1.62. The maximum atomic E-state index is 12.1. The van der Waals surface area contributed by atoms with E-state index in [1.54, 1.807) is 30.3 Å². The predicted molar refractivity (Wildman–Crippen MR) is 101 cm³/mol. The number of phenolic OH excluding ortho intramolecular Hbond substituents is 1. The molecule has 0 aliphatic heterocycles. The van der Waals surface area contributed by atoms with Crippen LogP contribution in [0.1, 0.15) is 27.4 Å². The van der Waals surface area contributed by atoms with Crippen LogP contribution in [0.5, 0.6) is 11.5 Å². The minimum atomic E-state index is -0.218. The Morgan fingerprint density at radius 3 is 2.81 bits per heavy atom. The standard InChI is InChI=1S/C21H17ClO4/c1-14-19(22)6-3-7-21(14)25-13-18-9-8-17(26-18)10-11-20(24)15-4-2-5-16(23)12-15/h2-12,23H,13H2,1H3/b11-10+. The normalized spacial score (nSPS) is 11.0. The molecule has 0 saturated carbocycles. The minimum Gasteiger partial charge on any atom is -0.508 e. The largest absolute Gasteiger partial charge is 0.508 e. The molecule has 0 fully saturated rings. The summed E-state index contributed by atoms with van der Waals surface area (Å²) < 4.78 is 11.4. The number of halogens is 1. The second-order valence-corrected chi connectivity index (χ2v) is 6.11. The lowest BCUT2D eigenvalue weighted by atomic mass is 10.1. The third-order valence-electron chi connectivity index (χ3n) is 3.80. The summed E-state index contributed by atoms with van der Waals surface area (Å²) in [5.41, 5.74) is 1.28. The number of carbonyl (C=O) groups is 1. The van der Waals surface area contributed by atoms with E-state index in [4.69, 9.17) is 20.8 Å². The number of benzene rings is 2. The maximum absolute atomic E-state index is 12.1. The summed E-state index contributed by atoms with van der Waals surface area (Å²) in [7, 11) is 0. The smallest absolute Gasteiger partial charge is 0.186 e. The van der Waals surface area contributed by atoms with Crippen LogP contribution in [0.3, 0.4) is 0 Å². The maximum Gasteiger partial charge on any atom is 0.186 e. The van der Waals surface area contributed by atoms with Gasteiger partial charge in [-0.2, -0.15) is 0 Å². The van der Waals surface area contributed by atoms with Crippen LogP contribution < -0.4 is 4.74 Å².